The van der Waals surface area contributed by atoms with Crippen LogP contribution in [0.25, 0.3) is 0 Å². The molecule has 0 aromatic rings. The van der Waals surface area contributed by atoms with E-state index in [1.54, 1.807) is 0 Å². The molecule has 0 aromatic heterocycles. The average molecular weight is 222 g/mol. The van der Waals surface area contributed by atoms with Crippen LogP contribution in [0.2, 0.25) is 0 Å². The van der Waals surface area contributed by atoms with Crippen molar-refractivity contribution in [3.05, 3.63) is 0 Å². The molecule has 2 atom stereocenters. The summed E-state index contributed by atoms with van der Waals surface area (Å²) < 4.78 is 0. The maximum atomic E-state index is 2.34. The molecule has 0 radical (unpaired) electrons. The van der Waals surface area contributed by atoms with Crippen LogP contribution in [0.3, 0.4) is 0 Å². The first-order valence-electron chi connectivity index (χ1n) is 4.53. The van der Waals surface area contributed by atoms with E-state index in [1.165, 1.54) is 17.3 Å². The van der Waals surface area contributed by atoms with Gasteiger partial charge in [0.25, 0.3) is 0 Å². The molecule has 1 heterocycles. The van der Waals surface area contributed by atoms with Crippen molar-refractivity contribution in [2.75, 3.05) is 17.3 Å². The summed E-state index contributed by atoms with van der Waals surface area (Å²) in [6.07, 6.45) is 0. The van der Waals surface area contributed by atoms with Crippen molar-refractivity contribution in [3.63, 3.8) is 0 Å². The Morgan fingerprint density at radius 1 is 1.33 bits per heavy atom. The second-order valence-electron chi connectivity index (χ2n) is 3.48. The molecule has 0 aromatic carbocycles. The summed E-state index contributed by atoms with van der Waals surface area (Å²) in [7, 11) is 0. The lowest BCUT2D eigenvalue weighted by atomic mass is 10.5. The first kappa shape index (κ1) is 11.1. The first-order valence-corrected chi connectivity index (χ1v) is 7.68. The van der Waals surface area contributed by atoms with E-state index in [4.69, 9.17) is 0 Å². The molecule has 1 fully saturated rings. The molecule has 0 N–H and O–H groups in total. The highest BCUT2D eigenvalue weighted by atomic mass is 32.2. The Bertz CT molecular complexity index is 117. The minimum Gasteiger partial charge on any atom is -0.158 e. The lowest BCUT2D eigenvalue weighted by Crippen LogP contribution is -2.21. The van der Waals surface area contributed by atoms with Crippen molar-refractivity contribution in [2.24, 2.45) is 0 Å². The van der Waals surface area contributed by atoms with E-state index in [-0.39, 0.29) is 0 Å². The molecule has 2 unspecified atom stereocenters. The Balaban J connectivity index is 2.09. The van der Waals surface area contributed by atoms with Gasteiger partial charge in [0.1, 0.15) is 0 Å². The van der Waals surface area contributed by atoms with E-state index in [0.29, 0.717) is 0 Å². The highest BCUT2D eigenvalue weighted by Gasteiger charge is 2.18. The van der Waals surface area contributed by atoms with E-state index in [9.17, 15) is 0 Å². The fraction of sp³-hybridized carbons (Fsp3) is 1.00. The monoisotopic (exact) mass is 222 g/mol. The third-order valence-corrected chi connectivity index (χ3v) is 6.47. The van der Waals surface area contributed by atoms with Crippen LogP contribution in [0.15, 0.2) is 0 Å². The van der Waals surface area contributed by atoms with Gasteiger partial charge in [-0.15, -0.1) is 0 Å². The van der Waals surface area contributed by atoms with Crippen molar-refractivity contribution >= 4 is 35.3 Å². The number of hydrogen-bond donors (Lipinski definition) is 0. The summed E-state index contributed by atoms with van der Waals surface area (Å²) in [5.74, 6) is 4.07. The molecule has 1 rings (SSSR count). The van der Waals surface area contributed by atoms with Gasteiger partial charge in [-0.05, 0) is 5.25 Å². The summed E-state index contributed by atoms with van der Waals surface area (Å²) in [6.45, 7) is 6.91. The van der Waals surface area contributed by atoms with Gasteiger partial charge in [-0.2, -0.15) is 35.3 Å². The van der Waals surface area contributed by atoms with Crippen LogP contribution in [-0.2, 0) is 0 Å². The van der Waals surface area contributed by atoms with Crippen molar-refractivity contribution in [3.8, 4) is 0 Å². The number of thioether (sulfide) groups is 3. The second-order valence-corrected chi connectivity index (χ2v) is 7.90. The minimum atomic E-state index is 0.801. The van der Waals surface area contributed by atoms with Gasteiger partial charge in [0, 0.05) is 27.8 Å². The molecular weight excluding hydrogens is 204 g/mol. The normalized spacial score (nSPS) is 31.0. The SMILES string of the molecule is CC(C)SCC1CSC(C)CS1. The Hall–Kier alpha value is 1.05. The number of hydrogen-bond acceptors (Lipinski definition) is 3. The molecule has 0 spiro atoms. The molecule has 0 nitrogen and oxygen atoms in total. The molecular formula is C9H18S3. The van der Waals surface area contributed by atoms with E-state index < -0.39 is 0 Å². The highest BCUT2D eigenvalue weighted by molar-refractivity contribution is 8.08. The highest BCUT2D eigenvalue weighted by Crippen LogP contribution is 2.31. The summed E-state index contributed by atoms with van der Waals surface area (Å²) in [6, 6.07) is 0. The summed E-state index contributed by atoms with van der Waals surface area (Å²) in [4.78, 5) is 0. The second kappa shape index (κ2) is 5.71. The molecule has 12 heavy (non-hydrogen) atoms. The molecule has 1 aliphatic heterocycles. The third-order valence-electron chi connectivity index (χ3n) is 1.75. The van der Waals surface area contributed by atoms with Gasteiger partial charge in [0.05, 0.1) is 0 Å². The third kappa shape index (κ3) is 4.33. The molecule has 0 amide bonds. The zero-order valence-corrected chi connectivity index (χ0v) is 10.5. The summed E-state index contributed by atoms with van der Waals surface area (Å²) in [5.41, 5.74) is 0. The molecule has 1 saturated heterocycles. The predicted octanol–water partition coefficient (Wildman–Crippen LogP) is 3.37. The Morgan fingerprint density at radius 2 is 2.08 bits per heavy atom. The zero-order chi connectivity index (χ0) is 8.97. The van der Waals surface area contributed by atoms with Crippen molar-refractivity contribution < 1.29 is 0 Å². The predicted molar refractivity (Wildman–Crippen MR) is 65.8 cm³/mol. The molecule has 72 valence electrons. The Kier molecular flexibility index (Phi) is 5.30. The molecule has 3 heteroatoms. The quantitative estimate of drug-likeness (QED) is 0.719. The van der Waals surface area contributed by atoms with E-state index in [1.807, 2.05) is 0 Å². The molecule has 0 saturated carbocycles. The van der Waals surface area contributed by atoms with Crippen LogP contribution in [0.5, 0.6) is 0 Å². The topological polar surface area (TPSA) is 0 Å². The molecule has 0 bridgehead atoms. The molecule has 1 aliphatic rings. The fourth-order valence-electron chi connectivity index (χ4n) is 1.04. The smallest absolute Gasteiger partial charge is 0.0229 e. The molecule has 0 aliphatic carbocycles. The van der Waals surface area contributed by atoms with Gasteiger partial charge in [-0.25, -0.2) is 0 Å². The van der Waals surface area contributed by atoms with Crippen LogP contribution < -0.4 is 0 Å². The largest absolute Gasteiger partial charge is 0.158 e. The van der Waals surface area contributed by atoms with Crippen molar-refractivity contribution in [2.45, 2.75) is 36.5 Å². The van der Waals surface area contributed by atoms with Crippen LogP contribution in [0.4, 0.5) is 0 Å². The van der Waals surface area contributed by atoms with E-state index in [2.05, 4.69) is 56.1 Å². The summed E-state index contributed by atoms with van der Waals surface area (Å²) >= 11 is 6.42. The van der Waals surface area contributed by atoms with Crippen molar-refractivity contribution in [1.29, 1.82) is 0 Å². The van der Waals surface area contributed by atoms with E-state index >= 15 is 0 Å². The van der Waals surface area contributed by atoms with Gasteiger partial charge in [0.15, 0.2) is 0 Å². The van der Waals surface area contributed by atoms with Crippen LogP contribution in [0.1, 0.15) is 20.8 Å². The van der Waals surface area contributed by atoms with Crippen LogP contribution in [0, 0.1) is 0 Å². The number of rotatable bonds is 3. The van der Waals surface area contributed by atoms with Gasteiger partial charge in [0.2, 0.25) is 0 Å². The standard InChI is InChI=1S/C9H18S3/c1-7(2)10-5-9-6-11-8(3)4-12-9/h7-9H,4-6H2,1-3H3. The summed E-state index contributed by atoms with van der Waals surface area (Å²) in [5, 5.41) is 2.60. The van der Waals surface area contributed by atoms with Crippen LogP contribution >= 0.6 is 35.3 Å². The minimum absolute atomic E-state index is 0.801. The maximum absolute atomic E-state index is 2.34. The zero-order valence-electron chi connectivity index (χ0n) is 8.08. The van der Waals surface area contributed by atoms with E-state index in [0.717, 1.165) is 15.7 Å². The lowest BCUT2D eigenvalue weighted by Gasteiger charge is -2.25. The van der Waals surface area contributed by atoms with Crippen molar-refractivity contribution in [1.82, 2.24) is 0 Å². The van der Waals surface area contributed by atoms with Crippen LogP contribution in [-0.4, -0.2) is 33.0 Å². The fourth-order valence-corrected chi connectivity index (χ4v) is 4.97. The van der Waals surface area contributed by atoms with Gasteiger partial charge >= 0.3 is 0 Å². The Morgan fingerprint density at radius 3 is 2.58 bits per heavy atom. The van der Waals surface area contributed by atoms with Gasteiger partial charge in [-0.3, -0.25) is 0 Å². The first-order chi connectivity index (χ1) is 5.68. The van der Waals surface area contributed by atoms with Gasteiger partial charge < -0.3 is 0 Å². The Labute approximate surface area is 89.0 Å². The lowest BCUT2D eigenvalue weighted by molar-refractivity contribution is 1.04. The average Bonchev–Trinajstić information content (AvgIpc) is 2.03. The maximum Gasteiger partial charge on any atom is 0.0229 e. The van der Waals surface area contributed by atoms with Gasteiger partial charge in [-0.1, -0.05) is 20.8 Å².